The summed E-state index contributed by atoms with van der Waals surface area (Å²) in [6, 6.07) is 12.5. The first-order chi connectivity index (χ1) is 17.3. The number of piperidine rings is 1. The smallest absolute Gasteiger partial charge is 0.337 e. The third kappa shape index (κ3) is 4.67. The highest BCUT2D eigenvalue weighted by atomic mass is 16.5. The van der Waals surface area contributed by atoms with Crippen molar-refractivity contribution >= 4 is 17.6 Å². The Bertz CT molecular complexity index is 1150. The molecule has 2 aromatic carbocycles. The summed E-state index contributed by atoms with van der Waals surface area (Å²) >= 11 is 0. The Kier molecular flexibility index (Phi) is 6.66. The minimum atomic E-state index is -1.06. The van der Waals surface area contributed by atoms with Crippen molar-refractivity contribution in [3.8, 4) is 11.5 Å². The number of fused-ring (bicyclic) bond motifs is 4. The predicted molar refractivity (Wildman–Crippen MR) is 135 cm³/mol. The van der Waals surface area contributed by atoms with Gasteiger partial charge in [0.1, 0.15) is 5.60 Å². The molecule has 3 heterocycles. The van der Waals surface area contributed by atoms with Crippen LogP contribution in [-0.2, 0) is 9.53 Å². The van der Waals surface area contributed by atoms with E-state index in [0.717, 1.165) is 43.0 Å². The molecule has 2 saturated heterocycles. The lowest BCUT2D eigenvalue weighted by Crippen LogP contribution is -2.55. The van der Waals surface area contributed by atoms with E-state index in [1.54, 1.807) is 18.2 Å². The van der Waals surface area contributed by atoms with E-state index in [0.29, 0.717) is 18.2 Å². The molecule has 5 rings (SSSR count). The van der Waals surface area contributed by atoms with Crippen molar-refractivity contribution in [3.63, 3.8) is 0 Å². The number of hydrogen-bond acceptors (Lipinski definition) is 6. The van der Waals surface area contributed by atoms with Gasteiger partial charge in [-0.15, -0.1) is 0 Å². The number of carboxylic acid groups (broad SMARTS) is 1. The van der Waals surface area contributed by atoms with Crippen molar-refractivity contribution in [2.45, 2.75) is 51.4 Å². The summed E-state index contributed by atoms with van der Waals surface area (Å²) in [7, 11) is 0. The monoisotopic (exact) mass is 494 g/mol. The molecule has 0 bridgehead atoms. The molecule has 3 aliphatic rings. The topological polar surface area (TPSA) is 97.3 Å². The summed E-state index contributed by atoms with van der Waals surface area (Å²) in [5.41, 5.74) is 1.04. The maximum Gasteiger partial charge on any atom is 0.337 e. The fourth-order valence-corrected chi connectivity index (χ4v) is 5.95. The second-order valence-corrected chi connectivity index (χ2v) is 10.4. The molecular formula is C28H34N2O6. The number of nitrogens with zero attached hydrogens (tertiary/aromatic N) is 1. The molecule has 0 spiro atoms. The molecule has 2 fully saturated rings. The number of likely N-dealkylation sites (tertiary alicyclic amines) is 1. The van der Waals surface area contributed by atoms with Crippen LogP contribution in [0, 0.1) is 11.8 Å². The Balaban J connectivity index is 1.27. The molecular weight excluding hydrogens is 460 g/mol. The quantitative estimate of drug-likeness (QED) is 0.616. The number of rotatable bonds is 6. The molecule has 0 aromatic heterocycles. The fraction of sp³-hybridized carbons (Fsp3) is 0.500. The van der Waals surface area contributed by atoms with Crippen LogP contribution in [0.2, 0.25) is 0 Å². The highest BCUT2D eigenvalue weighted by Crippen LogP contribution is 2.55. The molecule has 0 radical (unpaired) electrons. The summed E-state index contributed by atoms with van der Waals surface area (Å²) in [6.45, 7) is 8.50. The van der Waals surface area contributed by atoms with Crippen molar-refractivity contribution < 1.29 is 28.9 Å². The summed E-state index contributed by atoms with van der Waals surface area (Å²) in [5.74, 6) is 0.749. The van der Waals surface area contributed by atoms with Crippen molar-refractivity contribution in [3.05, 3.63) is 53.6 Å². The maximum absolute atomic E-state index is 12.8. The Hall–Kier alpha value is -3.10. The van der Waals surface area contributed by atoms with Gasteiger partial charge in [0.2, 0.25) is 5.91 Å². The van der Waals surface area contributed by atoms with Gasteiger partial charge in [0.25, 0.3) is 0 Å². The number of carbonyl (C=O) groups excluding carboxylic acids is 1. The number of amides is 1. The second-order valence-electron chi connectivity index (χ2n) is 10.4. The van der Waals surface area contributed by atoms with Crippen molar-refractivity contribution in [2.24, 2.45) is 11.8 Å². The van der Waals surface area contributed by atoms with E-state index < -0.39 is 11.6 Å². The van der Waals surface area contributed by atoms with Crippen LogP contribution in [-0.4, -0.2) is 59.8 Å². The minimum absolute atomic E-state index is 0.0484. The zero-order valence-corrected chi connectivity index (χ0v) is 21.0. The van der Waals surface area contributed by atoms with E-state index >= 15 is 0 Å². The number of hydrogen-bond donors (Lipinski definition) is 2. The van der Waals surface area contributed by atoms with Crippen LogP contribution in [0.3, 0.4) is 0 Å². The van der Waals surface area contributed by atoms with Gasteiger partial charge in [-0.2, -0.15) is 0 Å². The zero-order valence-electron chi connectivity index (χ0n) is 21.0. The van der Waals surface area contributed by atoms with Crippen molar-refractivity contribution in [2.75, 3.05) is 31.6 Å². The number of benzene rings is 2. The van der Waals surface area contributed by atoms with Crippen molar-refractivity contribution in [1.29, 1.82) is 0 Å². The first-order valence-corrected chi connectivity index (χ1v) is 12.7. The fourth-order valence-electron chi connectivity index (χ4n) is 5.95. The average molecular weight is 495 g/mol. The Morgan fingerprint density at radius 2 is 2.00 bits per heavy atom. The molecule has 36 heavy (non-hydrogen) atoms. The average Bonchev–Trinajstić information content (AvgIpc) is 2.84. The van der Waals surface area contributed by atoms with Crippen LogP contribution in [0.5, 0.6) is 11.5 Å². The van der Waals surface area contributed by atoms with E-state index in [1.807, 2.05) is 19.1 Å². The molecule has 0 unspecified atom stereocenters. The highest BCUT2D eigenvalue weighted by Gasteiger charge is 2.52. The lowest BCUT2D eigenvalue weighted by Gasteiger charge is -2.53. The predicted octanol–water partition coefficient (Wildman–Crippen LogP) is 4.36. The number of anilines is 1. The number of nitrogens with one attached hydrogen (secondary N) is 1. The lowest BCUT2D eigenvalue weighted by atomic mass is 9.70. The molecule has 4 atom stereocenters. The van der Waals surface area contributed by atoms with E-state index in [1.165, 1.54) is 6.07 Å². The normalized spacial score (nSPS) is 26.5. The van der Waals surface area contributed by atoms with Crippen LogP contribution in [0.25, 0.3) is 0 Å². The summed E-state index contributed by atoms with van der Waals surface area (Å²) < 4.78 is 19.1. The second kappa shape index (κ2) is 9.75. The van der Waals surface area contributed by atoms with Crippen LogP contribution in [0.15, 0.2) is 42.5 Å². The molecule has 2 N–H and O–H groups in total. The van der Waals surface area contributed by atoms with Crippen LogP contribution in [0.4, 0.5) is 5.69 Å². The third-order valence-corrected chi connectivity index (χ3v) is 7.66. The molecule has 1 amide bonds. The first-order valence-electron chi connectivity index (χ1n) is 12.7. The van der Waals surface area contributed by atoms with Gasteiger partial charge in [0.05, 0.1) is 36.6 Å². The molecule has 3 aliphatic heterocycles. The van der Waals surface area contributed by atoms with Gasteiger partial charge >= 0.3 is 5.97 Å². The standard InChI is InChI=1S/C28H34N2O6/c1-4-34-23-11-7-9-19-25-20(28(2,3)36-26(19)23)14-17-15-30(13-12-22(17)35-25)16-24(31)29-21-10-6-5-8-18(21)27(32)33/h5-11,17,20,22,25H,4,12-16H2,1-3H3,(H,29,31)(H,32,33)/t17-,20-,22-,25+/m0/s1. The largest absolute Gasteiger partial charge is 0.490 e. The number of aromatic carboxylic acids is 1. The number of ether oxygens (including phenoxy) is 3. The number of carbonyl (C=O) groups is 2. The van der Waals surface area contributed by atoms with Gasteiger partial charge in [-0.25, -0.2) is 4.79 Å². The van der Waals surface area contributed by atoms with Gasteiger partial charge in [0.15, 0.2) is 11.5 Å². The molecule has 2 aromatic rings. The van der Waals surface area contributed by atoms with Gasteiger partial charge in [-0.3, -0.25) is 9.69 Å². The van der Waals surface area contributed by atoms with Crippen LogP contribution < -0.4 is 14.8 Å². The lowest BCUT2D eigenvalue weighted by molar-refractivity contribution is -0.187. The molecule has 192 valence electrons. The number of para-hydroxylation sites is 2. The van der Waals surface area contributed by atoms with Gasteiger partial charge in [0, 0.05) is 24.6 Å². The molecule has 0 aliphatic carbocycles. The van der Waals surface area contributed by atoms with Crippen molar-refractivity contribution in [1.82, 2.24) is 4.90 Å². The van der Waals surface area contributed by atoms with Crippen LogP contribution in [0.1, 0.15) is 55.6 Å². The SMILES string of the molecule is CCOc1cccc2c1OC(C)(C)[C@H]1C[C@H]3CN(CC(=O)Nc4ccccc4C(=O)O)CC[C@@H]3O[C@H]21. The number of carboxylic acids is 1. The first kappa shape index (κ1) is 24.6. The summed E-state index contributed by atoms with van der Waals surface area (Å²) in [5, 5.41) is 12.1. The molecule has 8 nitrogen and oxygen atoms in total. The van der Waals surface area contributed by atoms with Gasteiger partial charge < -0.3 is 24.6 Å². The highest BCUT2D eigenvalue weighted by molar-refractivity contribution is 6.01. The Morgan fingerprint density at radius 3 is 2.78 bits per heavy atom. The van der Waals surface area contributed by atoms with E-state index in [9.17, 15) is 14.7 Å². The Morgan fingerprint density at radius 1 is 1.19 bits per heavy atom. The maximum atomic E-state index is 12.8. The van der Waals surface area contributed by atoms with E-state index in [2.05, 4.69) is 30.1 Å². The minimum Gasteiger partial charge on any atom is -0.490 e. The van der Waals surface area contributed by atoms with E-state index in [-0.39, 0.29) is 36.1 Å². The summed E-state index contributed by atoms with van der Waals surface area (Å²) in [4.78, 5) is 26.4. The van der Waals surface area contributed by atoms with Crippen LogP contribution >= 0.6 is 0 Å². The molecule has 0 saturated carbocycles. The zero-order chi connectivity index (χ0) is 25.4. The summed E-state index contributed by atoms with van der Waals surface area (Å²) in [6.07, 6.45) is 1.86. The van der Waals surface area contributed by atoms with Gasteiger partial charge in [-0.05, 0) is 57.7 Å². The molecule has 8 heteroatoms. The van der Waals surface area contributed by atoms with E-state index in [4.69, 9.17) is 14.2 Å². The van der Waals surface area contributed by atoms with Gasteiger partial charge in [-0.1, -0.05) is 24.3 Å². The Labute approximate surface area is 211 Å². The third-order valence-electron chi connectivity index (χ3n) is 7.66.